The first-order chi connectivity index (χ1) is 10.2. The number of nitrogens with one attached hydrogen (secondary N) is 1. The monoisotopic (exact) mass is 296 g/mol. The minimum absolute atomic E-state index is 0.604. The highest BCUT2D eigenvalue weighted by Gasteiger charge is 2.42. The Morgan fingerprint density at radius 3 is 2.33 bits per heavy atom. The number of piperidine rings is 2. The van der Waals surface area contributed by atoms with Crippen LogP contribution in [0.3, 0.4) is 0 Å². The Morgan fingerprint density at radius 2 is 1.81 bits per heavy atom. The summed E-state index contributed by atoms with van der Waals surface area (Å²) in [5.74, 6) is 0.680. The lowest BCUT2D eigenvalue weighted by Gasteiger charge is -2.53. The van der Waals surface area contributed by atoms with Gasteiger partial charge in [0.1, 0.15) is 0 Å². The van der Waals surface area contributed by atoms with E-state index in [4.69, 9.17) is 4.74 Å². The number of rotatable bonds is 8. The van der Waals surface area contributed by atoms with Crippen LogP contribution in [0.15, 0.2) is 0 Å². The van der Waals surface area contributed by atoms with Crippen LogP contribution in [0.1, 0.15) is 66.2 Å². The van der Waals surface area contributed by atoms with Crippen molar-refractivity contribution in [2.24, 2.45) is 5.92 Å². The predicted molar refractivity (Wildman–Crippen MR) is 89.7 cm³/mol. The second-order valence-corrected chi connectivity index (χ2v) is 7.28. The first kappa shape index (κ1) is 17.2. The van der Waals surface area contributed by atoms with Crippen LogP contribution in [0.4, 0.5) is 0 Å². The van der Waals surface area contributed by atoms with Crippen LogP contribution >= 0.6 is 0 Å². The molecule has 2 saturated heterocycles. The molecule has 2 aliphatic rings. The molecule has 0 amide bonds. The maximum Gasteiger partial charge on any atom is 0.0624 e. The second-order valence-electron chi connectivity index (χ2n) is 7.28. The number of hydrogen-bond donors (Lipinski definition) is 1. The molecule has 2 aliphatic heterocycles. The molecule has 3 heteroatoms. The van der Waals surface area contributed by atoms with Crippen molar-refractivity contribution in [3.63, 3.8) is 0 Å². The van der Waals surface area contributed by atoms with E-state index in [-0.39, 0.29) is 0 Å². The zero-order valence-electron chi connectivity index (χ0n) is 14.6. The molecule has 2 fully saturated rings. The van der Waals surface area contributed by atoms with Gasteiger partial charge < -0.3 is 10.1 Å². The van der Waals surface area contributed by atoms with E-state index in [9.17, 15) is 0 Å². The van der Waals surface area contributed by atoms with E-state index < -0.39 is 0 Å². The third kappa shape index (κ3) is 4.43. The van der Waals surface area contributed by atoms with Gasteiger partial charge in [0.15, 0.2) is 0 Å². The normalized spacial score (nSPS) is 31.6. The molecule has 0 aromatic heterocycles. The summed E-state index contributed by atoms with van der Waals surface area (Å²) in [6.07, 6.45) is 8.12. The van der Waals surface area contributed by atoms with Crippen LogP contribution in [0.2, 0.25) is 0 Å². The molecule has 0 aliphatic carbocycles. The molecule has 124 valence electrons. The average Bonchev–Trinajstić information content (AvgIpc) is 2.45. The largest absolute Gasteiger partial charge is 0.380 e. The predicted octanol–water partition coefficient (Wildman–Crippen LogP) is 3.43. The van der Waals surface area contributed by atoms with Crippen molar-refractivity contribution in [3.8, 4) is 0 Å². The van der Waals surface area contributed by atoms with Crippen LogP contribution in [0.5, 0.6) is 0 Å². The summed E-state index contributed by atoms with van der Waals surface area (Å²) in [5, 5.41) is 3.77. The van der Waals surface area contributed by atoms with Gasteiger partial charge in [-0.25, -0.2) is 0 Å². The summed E-state index contributed by atoms with van der Waals surface area (Å²) in [4.78, 5) is 2.86. The van der Waals surface area contributed by atoms with Gasteiger partial charge in [-0.1, -0.05) is 27.2 Å². The lowest BCUT2D eigenvalue weighted by Crippen LogP contribution is -2.61. The van der Waals surface area contributed by atoms with E-state index in [2.05, 4.69) is 37.9 Å². The van der Waals surface area contributed by atoms with Gasteiger partial charge in [-0.05, 0) is 51.5 Å². The van der Waals surface area contributed by atoms with Gasteiger partial charge in [-0.15, -0.1) is 0 Å². The van der Waals surface area contributed by atoms with E-state index in [0.717, 1.165) is 31.3 Å². The third-order valence-corrected chi connectivity index (χ3v) is 5.36. The van der Waals surface area contributed by atoms with Gasteiger partial charge in [-0.2, -0.15) is 0 Å². The van der Waals surface area contributed by atoms with E-state index in [1.807, 2.05) is 0 Å². The minimum Gasteiger partial charge on any atom is -0.380 e. The van der Waals surface area contributed by atoms with Gasteiger partial charge in [0.25, 0.3) is 0 Å². The highest BCUT2D eigenvalue weighted by molar-refractivity contribution is 4.98. The third-order valence-electron chi connectivity index (χ3n) is 5.36. The Bertz CT molecular complexity index is 281. The van der Waals surface area contributed by atoms with Crippen LogP contribution in [-0.2, 0) is 4.74 Å². The van der Waals surface area contributed by atoms with Crippen molar-refractivity contribution in [2.45, 2.75) is 90.4 Å². The van der Waals surface area contributed by atoms with E-state index in [0.29, 0.717) is 12.0 Å². The Balaban J connectivity index is 2.02. The summed E-state index contributed by atoms with van der Waals surface area (Å²) < 4.78 is 5.81. The maximum atomic E-state index is 5.81. The molecule has 0 saturated carbocycles. The molecular weight excluding hydrogens is 260 g/mol. The summed E-state index contributed by atoms with van der Waals surface area (Å²) in [5.41, 5.74) is 0. The van der Waals surface area contributed by atoms with E-state index in [1.165, 1.54) is 45.1 Å². The molecule has 0 spiro atoms. The number of hydrogen-bond acceptors (Lipinski definition) is 3. The highest BCUT2D eigenvalue weighted by Crippen LogP contribution is 2.37. The summed E-state index contributed by atoms with van der Waals surface area (Å²) in [6, 6.07) is 2.91. The quantitative estimate of drug-likeness (QED) is 0.742. The zero-order chi connectivity index (χ0) is 15.2. The molecule has 3 atom stereocenters. The molecule has 2 bridgehead atoms. The zero-order valence-corrected chi connectivity index (χ0v) is 14.6. The molecule has 2 heterocycles. The van der Waals surface area contributed by atoms with Crippen molar-refractivity contribution >= 4 is 0 Å². The summed E-state index contributed by atoms with van der Waals surface area (Å²) >= 11 is 0. The highest BCUT2D eigenvalue weighted by atomic mass is 16.5. The number of ether oxygens (including phenoxy) is 1. The van der Waals surface area contributed by atoms with Gasteiger partial charge >= 0.3 is 0 Å². The number of fused-ring (bicyclic) bond motifs is 2. The van der Waals surface area contributed by atoms with Crippen molar-refractivity contribution in [3.05, 3.63) is 0 Å². The molecule has 2 rings (SSSR count). The minimum atomic E-state index is 0.604. The molecule has 1 N–H and O–H groups in total. The molecule has 3 unspecified atom stereocenters. The summed E-state index contributed by atoms with van der Waals surface area (Å²) in [7, 11) is 0. The first-order valence-corrected chi connectivity index (χ1v) is 9.25. The average molecular weight is 296 g/mol. The first-order valence-electron chi connectivity index (χ1n) is 9.25. The SMILES string of the molecule is CCCNC1CC2CCCC(C1)N2C(COCC)C(C)C. The Kier molecular flexibility index (Phi) is 6.97. The Labute approximate surface area is 131 Å². The lowest BCUT2D eigenvalue weighted by molar-refractivity contribution is -0.0552. The Hall–Kier alpha value is -0.120. The van der Waals surface area contributed by atoms with Crippen LogP contribution in [-0.4, -0.2) is 48.8 Å². The molecule has 3 nitrogen and oxygen atoms in total. The van der Waals surface area contributed by atoms with Gasteiger partial charge in [0.05, 0.1) is 6.61 Å². The van der Waals surface area contributed by atoms with Crippen molar-refractivity contribution in [2.75, 3.05) is 19.8 Å². The van der Waals surface area contributed by atoms with Gasteiger partial charge in [0.2, 0.25) is 0 Å². The van der Waals surface area contributed by atoms with Gasteiger partial charge in [0, 0.05) is 30.8 Å². The van der Waals surface area contributed by atoms with Crippen LogP contribution in [0.25, 0.3) is 0 Å². The maximum absolute atomic E-state index is 5.81. The molecule has 0 aromatic carbocycles. The standard InChI is InChI=1S/C18H36N2O/c1-5-10-19-15-11-16-8-7-9-17(12-15)20(16)18(14(3)4)13-21-6-2/h14-19H,5-13H2,1-4H3. The fraction of sp³-hybridized carbons (Fsp3) is 1.00. The smallest absolute Gasteiger partial charge is 0.0624 e. The van der Waals surface area contributed by atoms with Crippen molar-refractivity contribution in [1.29, 1.82) is 0 Å². The van der Waals surface area contributed by atoms with Gasteiger partial charge in [-0.3, -0.25) is 4.90 Å². The second kappa shape index (κ2) is 8.50. The Morgan fingerprint density at radius 1 is 1.14 bits per heavy atom. The summed E-state index contributed by atoms with van der Waals surface area (Å²) in [6.45, 7) is 12.0. The fourth-order valence-electron chi connectivity index (χ4n) is 4.34. The van der Waals surface area contributed by atoms with E-state index >= 15 is 0 Å². The lowest BCUT2D eigenvalue weighted by atomic mass is 9.79. The topological polar surface area (TPSA) is 24.5 Å². The van der Waals surface area contributed by atoms with Crippen LogP contribution < -0.4 is 5.32 Å². The fourth-order valence-corrected chi connectivity index (χ4v) is 4.34. The molecule has 21 heavy (non-hydrogen) atoms. The molecule has 0 radical (unpaired) electrons. The van der Waals surface area contributed by atoms with Crippen molar-refractivity contribution in [1.82, 2.24) is 10.2 Å². The molecular formula is C18H36N2O. The van der Waals surface area contributed by atoms with Crippen molar-refractivity contribution < 1.29 is 4.74 Å². The van der Waals surface area contributed by atoms with E-state index in [1.54, 1.807) is 0 Å². The van der Waals surface area contributed by atoms with Crippen LogP contribution in [0, 0.1) is 5.92 Å². The number of nitrogens with zero attached hydrogens (tertiary/aromatic N) is 1. The molecule has 0 aromatic rings.